The molecule has 0 saturated carbocycles. The average molecular weight is 653 g/mol. The van der Waals surface area contributed by atoms with Crippen molar-refractivity contribution in [2.75, 3.05) is 39.4 Å². The van der Waals surface area contributed by atoms with Crippen LogP contribution in [0.1, 0.15) is 79.0 Å². The Bertz CT molecular complexity index is 1330. The van der Waals surface area contributed by atoms with Crippen LogP contribution >= 0.6 is 0 Å². The molecular formula is C42H56N2O4. The molecule has 0 aliphatic rings. The number of rotatable bonds is 17. The van der Waals surface area contributed by atoms with Crippen LogP contribution in [0.2, 0.25) is 0 Å². The lowest BCUT2D eigenvalue weighted by atomic mass is 9.88. The van der Waals surface area contributed by atoms with E-state index in [2.05, 4.69) is 139 Å². The normalized spacial score (nSPS) is 13.0. The summed E-state index contributed by atoms with van der Waals surface area (Å²) in [6, 6.07) is 25.3. The molecule has 258 valence electrons. The molecule has 6 heteroatoms. The Labute approximate surface area is 288 Å². The Hall–Kier alpha value is -3.36. The maximum absolute atomic E-state index is 10.8. The molecular weight excluding hydrogens is 596 g/mol. The highest BCUT2D eigenvalue weighted by Gasteiger charge is 2.25. The predicted octanol–water partition coefficient (Wildman–Crippen LogP) is 6.97. The quantitative estimate of drug-likeness (QED) is 0.0923. The highest BCUT2D eigenvalue weighted by Crippen LogP contribution is 2.36. The third-order valence-corrected chi connectivity index (χ3v) is 9.37. The van der Waals surface area contributed by atoms with E-state index in [9.17, 15) is 10.2 Å². The van der Waals surface area contributed by atoms with Gasteiger partial charge in [0, 0.05) is 26.2 Å². The summed E-state index contributed by atoms with van der Waals surface area (Å²) in [4.78, 5) is 0. The standard InChI is InChI=1S/C42H56N2O4/c1-27-13-9-14-28(2)37(27)41(38-29(3)15-10-16-30(38)4)47-25-35(45)23-43-21-22-44-24-36(46)26-48-42(39-31(5)17-11-18-32(39)6)40-33(7)19-12-20-34(40)8/h9-20,35-36,41-46H,21-26H2,1-8H3/t35-,36+. The van der Waals surface area contributed by atoms with E-state index >= 15 is 0 Å². The van der Waals surface area contributed by atoms with Crippen LogP contribution < -0.4 is 10.6 Å². The van der Waals surface area contributed by atoms with Crippen LogP contribution in [-0.4, -0.2) is 61.8 Å². The van der Waals surface area contributed by atoms with Gasteiger partial charge in [0.15, 0.2) is 0 Å². The smallest absolute Gasteiger partial charge is 0.109 e. The fraction of sp³-hybridized carbons (Fsp3) is 0.429. The van der Waals surface area contributed by atoms with Gasteiger partial charge in [0.05, 0.1) is 25.4 Å². The summed E-state index contributed by atoms with van der Waals surface area (Å²) in [7, 11) is 0. The van der Waals surface area contributed by atoms with Crippen molar-refractivity contribution >= 4 is 0 Å². The number of aryl methyl sites for hydroxylation is 8. The highest BCUT2D eigenvalue weighted by molar-refractivity contribution is 5.47. The SMILES string of the molecule is Cc1cccc(C)c1C(OC[C@H](O)CNCCNC[C@H](O)COC(c1c(C)cccc1C)c1c(C)cccc1C)c1c(C)cccc1C. The lowest BCUT2D eigenvalue weighted by Gasteiger charge is -2.27. The molecule has 0 saturated heterocycles. The Kier molecular flexibility index (Phi) is 13.9. The molecule has 0 bridgehead atoms. The van der Waals surface area contributed by atoms with Crippen LogP contribution in [-0.2, 0) is 9.47 Å². The third-order valence-electron chi connectivity index (χ3n) is 9.37. The van der Waals surface area contributed by atoms with Gasteiger partial charge in [-0.3, -0.25) is 0 Å². The van der Waals surface area contributed by atoms with E-state index in [0.717, 1.165) is 22.3 Å². The van der Waals surface area contributed by atoms with Crippen molar-refractivity contribution in [1.29, 1.82) is 0 Å². The van der Waals surface area contributed by atoms with Crippen LogP contribution in [0.4, 0.5) is 0 Å². The number of aliphatic hydroxyl groups excluding tert-OH is 2. The largest absolute Gasteiger partial charge is 0.389 e. The molecule has 0 heterocycles. The maximum atomic E-state index is 10.8. The number of ether oxygens (including phenoxy) is 2. The van der Waals surface area contributed by atoms with E-state index in [1.165, 1.54) is 44.5 Å². The lowest BCUT2D eigenvalue weighted by molar-refractivity contribution is 0.00460. The number of hydrogen-bond acceptors (Lipinski definition) is 6. The van der Waals surface area contributed by atoms with Crippen molar-refractivity contribution in [3.05, 3.63) is 140 Å². The summed E-state index contributed by atoms with van der Waals surface area (Å²) in [5.41, 5.74) is 14.1. The molecule has 0 aromatic heterocycles. The Morgan fingerprint density at radius 1 is 0.438 bits per heavy atom. The first-order valence-corrected chi connectivity index (χ1v) is 17.2. The van der Waals surface area contributed by atoms with Crippen LogP contribution in [0, 0.1) is 55.4 Å². The summed E-state index contributed by atoms with van der Waals surface area (Å²) in [5.74, 6) is 0. The van der Waals surface area contributed by atoms with Crippen LogP contribution in [0.25, 0.3) is 0 Å². The second-order valence-corrected chi connectivity index (χ2v) is 13.4. The zero-order valence-electron chi connectivity index (χ0n) is 30.2. The number of aliphatic hydroxyl groups is 2. The molecule has 0 unspecified atom stereocenters. The van der Waals surface area contributed by atoms with Crippen molar-refractivity contribution in [3.8, 4) is 0 Å². The molecule has 0 aliphatic carbocycles. The van der Waals surface area contributed by atoms with E-state index in [4.69, 9.17) is 9.47 Å². The first-order chi connectivity index (χ1) is 23.0. The molecule has 4 aromatic rings. The topological polar surface area (TPSA) is 83.0 Å². The van der Waals surface area contributed by atoms with Gasteiger partial charge in [-0.05, 0) is 122 Å². The second kappa shape index (κ2) is 17.9. The first-order valence-electron chi connectivity index (χ1n) is 17.2. The lowest BCUT2D eigenvalue weighted by Crippen LogP contribution is -2.38. The molecule has 0 fully saturated rings. The Morgan fingerprint density at radius 3 is 0.896 bits per heavy atom. The summed E-state index contributed by atoms with van der Waals surface area (Å²) >= 11 is 0. The van der Waals surface area contributed by atoms with Crippen LogP contribution in [0.15, 0.2) is 72.8 Å². The minimum atomic E-state index is -0.660. The van der Waals surface area contributed by atoms with E-state index < -0.39 is 12.2 Å². The molecule has 0 spiro atoms. The van der Waals surface area contributed by atoms with Gasteiger partial charge in [0.2, 0.25) is 0 Å². The van der Waals surface area contributed by atoms with Crippen molar-refractivity contribution in [3.63, 3.8) is 0 Å². The van der Waals surface area contributed by atoms with Crippen LogP contribution in [0.3, 0.4) is 0 Å². The molecule has 2 atom stereocenters. The molecule has 4 rings (SSSR count). The van der Waals surface area contributed by atoms with Gasteiger partial charge in [0.25, 0.3) is 0 Å². The Morgan fingerprint density at radius 2 is 0.667 bits per heavy atom. The van der Waals surface area contributed by atoms with Crippen molar-refractivity contribution in [2.45, 2.75) is 79.8 Å². The summed E-state index contributed by atoms with van der Waals surface area (Å²) in [5, 5.41) is 28.3. The number of benzene rings is 4. The number of hydrogen-bond donors (Lipinski definition) is 4. The first kappa shape index (κ1) is 37.5. The van der Waals surface area contributed by atoms with Gasteiger partial charge in [-0.25, -0.2) is 0 Å². The fourth-order valence-corrected chi connectivity index (χ4v) is 6.83. The van der Waals surface area contributed by atoms with Crippen LogP contribution in [0.5, 0.6) is 0 Å². The van der Waals surface area contributed by atoms with E-state index in [0.29, 0.717) is 26.2 Å². The van der Waals surface area contributed by atoms with E-state index in [1.807, 2.05) is 0 Å². The Balaban J connectivity index is 1.25. The minimum absolute atomic E-state index is 0.213. The van der Waals surface area contributed by atoms with Gasteiger partial charge in [-0.2, -0.15) is 0 Å². The predicted molar refractivity (Wildman–Crippen MR) is 197 cm³/mol. The van der Waals surface area contributed by atoms with Crippen molar-refractivity contribution in [1.82, 2.24) is 10.6 Å². The third kappa shape index (κ3) is 9.63. The second-order valence-electron chi connectivity index (χ2n) is 13.4. The molecule has 0 amide bonds. The zero-order valence-corrected chi connectivity index (χ0v) is 30.2. The summed E-state index contributed by atoms with van der Waals surface area (Å²) < 4.78 is 13.0. The van der Waals surface area contributed by atoms with Gasteiger partial charge in [-0.15, -0.1) is 0 Å². The van der Waals surface area contributed by atoms with Crippen molar-refractivity contribution in [2.24, 2.45) is 0 Å². The highest BCUT2D eigenvalue weighted by atomic mass is 16.5. The van der Waals surface area contributed by atoms with Gasteiger partial charge in [-0.1, -0.05) is 72.8 Å². The molecule has 4 N–H and O–H groups in total. The maximum Gasteiger partial charge on any atom is 0.109 e. The minimum Gasteiger partial charge on any atom is -0.389 e. The molecule has 4 aromatic carbocycles. The zero-order chi connectivity index (χ0) is 34.8. The average Bonchev–Trinajstić information content (AvgIpc) is 3.03. The van der Waals surface area contributed by atoms with Gasteiger partial charge >= 0.3 is 0 Å². The van der Waals surface area contributed by atoms with Crippen molar-refractivity contribution < 1.29 is 19.7 Å². The summed E-state index contributed by atoms with van der Waals surface area (Å²) in [6.45, 7) is 19.5. The molecule has 48 heavy (non-hydrogen) atoms. The monoisotopic (exact) mass is 652 g/mol. The fourth-order valence-electron chi connectivity index (χ4n) is 6.83. The molecule has 6 nitrogen and oxygen atoms in total. The van der Waals surface area contributed by atoms with E-state index in [-0.39, 0.29) is 25.4 Å². The van der Waals surface area contributed by atoms with Gasteiger partial charge in [0.1, 0.15) is 12.2 Å². The number of nitrogens with one attached hydrogen (secondary N) is 2. The molecule has 0 aliphatic heterocycles. The summed E-state index contributed by atoms with van der Waals surface area (Å²) in [6.07, 6.45) is -1.83. The van der Waals surface area contributed by atoms with E-state index in [1.54, 1.807) is 0 Å². The molecule has 0 radical (unpaired) electrons. The van der Waals surface area contributed by atoms with Gasteiger partial charge < -0.3 is 30.3 Å².